The van der Waals surface area contributed by atoms with Crippen LogP contribution in [0.2, 0.25) is 0 Å². The number of nitrogens with one attached hydrogen (secondary N) is 1. The van der Waals surface area contributed by atoms with Crippen molar-refractivity contribution in [3.8, 4) is 0 Å². The van der Waals surface area contributed by atoms with E-state index in [0.717, 1.165) is 5.56 Å². The van der Waals surface area contributed by atoms with Gasteiger partial charge in [-0.1, -0.05) is 30.7 Å². The molecule has 1 aliphatic carbocycles. The third kappa shape index (κ3) is 5.21. The highest BCUT2D eigenvalue weighted by molar-refractivity contribution is 5.80. The average molecular weight is 357 g/mol. The summed E-state index contributed by atoms with van der Waals surface area (Å²) in [5.74, 6) is -3.78. The fraction of sp³-hybridized carbons (Fsp3) is 0.556. The highest BCUT2D eigenvalue weighted by Gasteiger charge is 2.43. The molecule has 0 aromatic heterocycles. The van der Waals surface area contributed by atoms with Gasteiger partial charge in [0, 0.05) is 5.92 Å². The van der Waals surface area contributed by atoms with E-state index >= 15 is 0 Å². The maximum Gasteiger partial charge on any atom is 0.391 e. The van der Waals surface area contributed by atoms with E-state index in [1.165, 1.54) is 0 Å². The predicted octanol–water partition coefficient (Wildman–Crippen LogP) is 4.00. The number of halogens is 3. The molecule has 3 unspecified atom stereocenters. The maximum atomic E-state index is 12.9. The minimum atomic E-state index is -4.30. The van der Waals surface area contributed by atoms with Gasteiger partial charge in [-0.15, -0.1) is 0 Å². The Hall–Kier alpha value is -2.05. The number of carbonyl (C=O) groups is 2. The van der Waals surface area contributed by atoms with Crippen LogP contribution in [0.15, 0.2) is 24.3 Å². The molecule has 1 aliphatic rings. The first-order valence-electron chi connectivity index (χ1n) is 8.33. The Kier molecular flexibility index (Phi) is 6.08. The number of rotatable bonds is 5. The summed E-state index contributed by atoms with van der Waals surface area (Å²) in [7, 11) is 0. The van der Waals surface area contributed by atoms with Crippen molar-refractivity contribution in [2.24, 2.45) is 11.8 Å². The minimum Gasteiger partial charge on any atom is -0.481 e. The normalized spacial score (nSPS) is 22.2. The van der Waals surface area contributed by atoms with Crippen LogP contribution in [0, 0.1) is 18.8 Å². The molecule has 138 valence electrons. The molecule has 0 bridgehead atoms. The average Bonchev–Trinajstić information content (AvgIpc) is 2.53. The number of benzene rings is 1. The second-order valence-electron chi connectivity index (χ2n) is 6.62. The SMILES string of the molecule is Cc1ccccc1C(CC(=O)O)NC(=O)C1CCCC(C(F)(F)F)C1. The van der Waals surface area contributed by atoms with E-state index in [-0.39, 0.29) is 19.3 Å². The third-order valence-electron chi connectivity index (χ3n) is 4.77. The summed E-state index contributed by atoms with van der Waals surface area (Å²) in [5.41, 5.74) is 1.49. The molecule has 0 heterocycles. The molecule has 3 atom stereocenters. The minimum absolute atomic E-state index is 0.0453. The molecule has 1 aromatic rings. The zero-order valence-electron chi connectivity index (χ0n) is 14.0. The first kappa shape index (κ1) is 19.3. The molecule has 0 saturated heterocycles. The zero-order valence-corrected chi connectivity index (χ0v) is 14.0. The lowest BCUT2D eigenvalue weighted by atomic mass is 9.80. The molecule has 2 rings (SSSR count). The van der Waals surface area contributed by atoms with Gasteiger partial charge in [0.15, 0.2) is 0 Å². The Labute approximate surface area is 144 Å². The van der Waals surface area contributed by atoms with Crippen LogP contribution < -0.4 is 5.32 Å². The van der Waals surface area contributed by atoms with Gasteiger partial charge in [0.1, 0.15) is 0 Å². The van der Waals surface area contributed by atoms with Crippen molar-refractivity contribution >= 4 is 11.9 Å². The molecule has 0 spiro atoms. The molecule has 25 heavy (non-hydrogen) atoms. The fourth-order valence-corrected chi connectivity index (χ4v) is 3.41. The Bertz CT molecular complexity index is 630. The van der Waals surface area contributed by atoms with Crippen molar-refractivity contribution in [3.05, 3.63) is 35.4 Å². The van der Waals surface area contributed by atoms with Crippen molar-refractivity contribution in [3.63, 3.8) is 0 Å². The number of carboxylic acids is 1. The Morgan fingerprint density at radius 3 is 2.56 bits per heavy atom. The van der Waals surface area contributed by atoms with E-state index in [2.05, 4.69) is 5.32 Å². The second kappa shape index (κ2) is 7.89. The summed E-state index contributed by atoms with van der Waals surface area (Å²) in [6.45, 7) is 1.80. The number of amides is 1. The van der Waals surface area contributed by atoms with Crippen LogP contribution in [0.25, 0.3) is 0 Å². The second-order valence-corrected chi connectivity index (χ2v) is 6.62. The van der Waals surface area contributed by atoms with Gasteiger partial charge in [0.25, 0.3) is 0 Å². The van der Waals surface area contributed by atoms with Crippen molar-refractivity contribution < 1.29 is 27.9 Å². The van der Waals surface area contributed by atoms with E-state index in [4.69, 9.17) is 5.11 Å². The number of hydrogen-bond acceptors (Lipinski definition) is 2. The van der Waals surface area contributed by atoms with Crippen molar-refractivity contribution in [1.29, 1.82) is 0 Å². The summed E-state index contributed by atoms with van der Waals surface area (Å²) in [4.78, 5) is 23.6. The molecule has 7 heteroatoms. The van der Waals surface area contributed by atoms with E-state index in [0.29, 0.717) is 18.4 Å². The van der Waals surface area contributed by atoms with Gasteiger partial charge in [-0.2, -0.15) is 13.2 Å². The standard InChI is InChI=1S/C18H22F3NO3/c1-11-5-2-3-8-14(11)15(10-16(23)24)22-17(25)12-6-4-7-13(9-12)18(19,20)21/h2-3,5,8,12-13,15H,4,6-7,9-10H2,1H3,(H,22,25)(H,23,24). The lowest BCUT2D eigenvalue weighted by Gasteiger charge is -2.31. The largest absolute Gasteiger partial charge is 0.481 e. The molecule has 1 amide bonds. The molecule has 1 aromatic carbocycles. The van der Waals surface area contributed by atoms with Gasteiger partial charge >= 0.3 is 12.1 Å². The number of carbonyl (C=O) groups excluding carboxylic acids is 1. The van der Waals surface area contributed by atoms with Crippen LogP contribution in [0.5, 0.6) is 0 Å². The first-order chi connectivity index (χ1) is 11.7. The lowest BCUT2D eigenvalue weighted by Crippen LogP contribution is -2.39. The van der Waals surface area contributed by atoms with Crippen LogP contribution in [0.1, 0.15) is 49.3 Å². The summed E-state index contributed by atoms with van der Waals surface area (Å²) < 4.78 is 38.8. The summed E-state index contributed by atoms with van der Waals surface area (Å²) in [6.07, 6.45) is -4.06. The summed E-state index contributed by atoms with van der Waals surface area (Å²) in [5, 5.41) is 11.8. The fourth-order valence-electron chi connectivity index (χ4n) is 3.41. The van der Waals surface area contributed by atoms with Crippen LogP contribution in [0.4, 0.5) is 13.2 Å². The summed E-state index contributed by atoms with van der Waals surface area (Å²) >= 11 is 0. The lowest BCUT2D eigenvalue weighted by molar-refractivity contribution is -0.186. The van der Waals surface area contributed by atoms with Crippen molar-refractivity contribution in [2.75, 3.05) is 0 Å². The number of carboxylic acid groups (broad SMARTS) is 1. The molecular weight excluding hydrogens is 335 g/mol. The van der Waals surface area contributed by atoms with Gasteiger partial charge < -0.3 is 10.4 Å². The highest BCUT2D eigenvalue weighted by atomic mass is 19.4. The smallest absolute Gasteiger partial charge is 0.391 e. The molecule has 0 aliphatic heterocycles. The van der Waals surface area contributed by atoms with Crippen LogP contribution in [-0.4, -0.2) is 23.2 Å². The van der Waals surface area contributed by atoms with Crippen LogP contribution >= 0.6 is 0 Å². The Morgan fingerprint density at radius 2 is 1.96 bits per heavy atom. The number of aryl methyl sites for hydroxylation is 1. The van der Waals surface area contributed by atoms with Gasteiger partial charge in [-0.3, -0.25) is 9.59 Å². The van der Waals surface area contributed by atoms with Crippen LogP contribution in [-0.2, 0) is 9.59 Å². The van der Waals surface area contributed by atoms with E-state index in [1.807, 2.05) is 0 Å². The topological polar surface area (TPSA) is 66.4 Å². The van der Waals surface area contributed by atoms with E-state index in [1.54, 1.807) is 31.2 Å². The Balaban J connectivity index is 2.11. The number of alkyl halides is 3. The van der Waals surface area contributed by atoms with Crippen molar-refractivity contribution in [1.82, 2.24) is 5.32 Å². The molecule has 0 radical (unpaired) electrons. The van der Waals surface area contributed by atoms with Gasteiger partial charge in [0.05, 0.1) is 18.4 Å². The first-order valence-corrected chi connectivity index (χ1v) is 8.33. The van der Waals surface area contributed by atoms with Crippen molar-refractivity contribution in [2.45, 2.75) is 51.2 Å². The van der Waals surface area contributed by atoms with E-state index < -0.39 is 35.9 Å². The quantitative estimate of drug-likeness (QED) is 0.837. The third-order valence-corrected chi connectivity index (χ3v) is 4.77. The predicted molar refractivity (Wildman–Crippen MR) is 85.8 cm³/mol. The van der Waals surface area contributed by atoms with Gasteiger partial charge in [-0.25, -0.2) is 0 Å². The Morgan fingerprint density at radius 1 is 1.28 bits per heavy atom. The molecule has 4 nitrogen and oxygen atoms in total. The number of aliphatic carboxylic acids is 1. The molecule has 1 saturated carbocycles. The molecule has 2 N–H and O–H groups in total. The van der Waals surface area contributed by atoms with Gasteiger partial charge in [-0.05, 0) is 37.3 Å². The van der Waals surface area contributed by atoms with Gasteiger partial charge in [0.2, 0.25) is 5.91 Å². The van der Waals surface area contributed by atoms with Crippen LogP contribution in [0.3, 0.4) is 0 Å². The highest BCUT2D eigenvalue weighted by Crippen LogP contribution is 2.40. The zero-order chi connectivity index (χ0) is 18.6. The molecule has 1 fully saturated rings. The maximum absolute atomic E-state index is 12.9. The monoisotopic (exact) mass is 357 g/mol. The number of hydrogen-bond donors (Lipinski definition) is 2. The van der Waals surface area contributed by atoms with E-state index in [9.17, 15) is 22.8 Å². The molecular formula is C18H22F3NO3. The summed E-state index contributed by atoms with van der Waals surface area (Å²) in [6, 6.07) is 6.31.